The van der Waals surface area contributed by atoms with Crippen LogP contribution in [0.2, 0.25) is 5.02 Å². The first-order valence-electron chi connectivity index (χ1n) is 5.70. The predicted molar refractivity (Wildman–Crippen MR) is 76.6 cm³/mol. The Morgan fingerprint density at radius 3 is 2.67 bits per heavy atom. The van der Waals surface area contributed by atoms with E-state index < -0.39 is 0 Å². The summed E-state index contributed by atoms with van der Waals surface area (Å²) in [6.45, 7) is 4.19. The van der Waals surface area contributed by atoms with E-state index in [0.29, 0.717) is 16.6 Å². The molecule has 5 nitrogen and oxygen atoms in total. The minimum atomic E-state index is -0.287. The van der Waals surface area contributed by atoms with Gasteiger partial charge < -0.3 is 11.1 Å². The lowest BCUT2D eigenvalue weighted by Gasteiger charge is -2.18. The summed E-state index contributed by atoms with van der Waals surface area (Å²) in [6, 6.07) is 5.62. The van der Waals surface area contributed by atoms with E-state index in [9.17, 15) is 0 Å². The van der Waals surface area contributed by atoms with Gasteiger partial charge >= 0.3 is 0 Å². The van der Waals surface area contributed by atoms with Crippen LogP contribution in [0.25, 0.3) is 0 Å². The Balaban J connectivity index is 2.99. The fourth-order valence-corrected chi connectivity index (χ4v) is 1.82. The molecule has 1 unspecified atom stereocenters. The quantitative estimate of drug-likeness (QED) is 0.430. The average Bonchev–Trinajstić information content (AvgIpc) is 2.29. The highest BCUT2D eigenvalue weighted by Gasteiger charge is 2.13. The highest BCUT2D eigenvalue weighted by Crippen LogP contribution is 2.32. The molecule has 0 saturated heterocycles. The maximum atomic E-state index is 7.65. The molecule has 0 aliphatic carbocycles. The SMILES string of the molecule is CCC(C)c1cccc(Cl)c1NC(=N)NC(=N)N. The van der Waals surface area contributed by atoms with Gasteiger partial charge in [-0.3, -0.25) is 16.1 Å². The molecule has 0 heterocycles. The zero-order valence-electron chi connectivity index (χ0n) is 10.5. The first kappa shape index (κ1) is 14.3. The van der Waals surface area contributed by atoms with Crippen molar-refractivity contribution in [3.63, 3.8) is 0 Å². The van der Waals surface area contributed by atoms with Gasteiger partial charge in [0.05, 0.1) is 10.7 Å². The van der Waals surface area contributed by atoms with Crippen LogP contribution in [-0.2, 0) is 0 Å². The molecule has 0 spiro atoms. The van der Waals surface area contributed by atoms with E-state index in [-0.39, 0.29) is 11.9 Å². The van der Waals surface area contributed by atoms with Gasteiger partial charge in [0.1, 0.15) is 0 Å². The van der Waals surface area contributed by atoms with Crippen molar-refractivity contribution in [2.75, 3.05) is 5.32 Å². The molecule has 0 bridgehead atoms. The summed E-state index contributed by atoms with van der Waals surface area (Å²) in [5.74, 6) is -0.0267. The Kier molecular flexibility index (Phi) is 4.97. The van der Waals surface area contributed by atoms with E-state index in [0.717, 1.165) is 12.0 Å². The highest BCUT2D eigenvalue weighted by atomic mass is 35.5. The summed E-state index contributed by atoms with van der Waals surface area (Å²) in [4.78, 5) is 0. The van der Waals surface area contributed by atoms with Crippen LogP contribution in [0, 0.1) is 10.8 Å². The molecule has 0 aromatic heterocycles. The zero-order chi connectivity index (χ0) is 13.7. The molecule has 6 heteroatoms. The van der Waals surface area contributed by atoms with Gasteiger partial charge in [0.25, 0.3) is 0 Å². The molecule has 0 aliphatic heterocycles. The summed E-state index contributed by atoms with van der Waals surface area (Å²) in [7, 11) is 0. The molecule has 0 saturated carbocycles. The van der Waals surface area contributed by atoms with Crippen LogP contribution < -0.4 is 16.4 Å². The third kappa shape index (κ3) is 3.63. The fourth-order valence-electron chi connectivity index (χ4n) is 1.59. The van der Waals surface area contributed by atoms with Gasteiger partial charge in [-0.2, -0.15) is 0 Å². The number of guanidine groups is 2. The second kappa shape index (κ2) is 6.26. The Bertz CT molecular complexity index is 458. The Morgan fingerprint density at radius 1 is 1.44 bits per heavy atom. The van der Waals surface area contributed by atoms with Gasteiger partial charge in [-0.15, -0.1) is 0 Å². The van der Waals surface area contributed by atoms with Crippen LogP contribution in [0.3, 0.4) is 0 Å². The lowest BCUT2D eigenvalue weighted by Crippen LogP contribution is -2.39. The number of benzene rings is 1. The molecule has 0 amide bonds. The Labute approximate surface area is 112 Å². The summed E-state index contributed by atoms with van der Waals surface area (Å²) in [5, 5.41) is 20.5. The van der Waals surface area contributed by atoms with Crippen LogP contribution >= 0.6 is 11.6 Å². The summed E-state index contributed by atoms with van der Waals surface area (Å²) in [5.41, 5.74) is 6.90. The van der Waals surface area contributed by atoms with Crippen molar-refractivity contribution in [1.82, 2.24) is 5.32 Å². The molecule has 0 fully saturated rings. The third-order valence-electron chi connectivity index (χ3n) is 2.70. The lowest BCUT2D eigenvalue weighted by molar-refractivity contribution is 0.735. The van der Waals surface area contributed by atoms with Crippen molar-refractivity contribution < 1.29 is 0 Å². The van der Waals surface area contributed by atoms with Crippen molar-refractivity contribution in [1.29, 1.82) is 10.8 Å². The second-order valence-electron chi connectivity index (χ2n) is 4.05. The lowest BCUT2D eigenvalue weighted by atomic mass is 9.97. The van der Waals surface area contributed by atoms with Gasteiger partial charge in [0, 0.05) is 0 Å². The molecule has 18 heavy (non-hydrogen) atoms. The van der Waals surface area contributed by atoms with Gasteiger partial charge in [0.2, 0.25) is 0 Å². The van der Waals surface area contributed by atoms with E-state index >= 15 is 0 Å². The number of hydrogen-bond donors (Lipinski definition) is 5. The zero-order valence-corrected chi connectivity index (χ0v) is 11.2. The van der Waals surface area contributed by atoms with Crippen molar-refractivity contribution in [3.8, 4) is 0 Å². The number of hydrogen-bond acceptors (Lipinski definition) is 2. The van der Waals surface area contributed by atoms with E-state index in [1.165, 1.54) is 0 Å². The number of halogens is 1. The topological polar surface area (TPSA) is 97.8 Å². The molecule has 1 aromatic carbocycles. The van der Waals surface area contributed by atoms with E-state index in [1.807, 2.05) is 12.1 Å². The molecular formula is C12H18ClN5. The Hall–Kier alpha value is -1.75. The van der Waals surface area contributed by atoms with E-state index in [1.54, 1.807) is 6.07 Å². The number of nitrogens with two attached hydrogens (primary N) is 1. The summed E-state index contributed by atoms with van der Waals surface area (Å²) >= 11 is 6.14. The molecular weight excluding hydrogens is 250 g/mol. The third-order valence-corrected chi connectivity index (χ3v) is 3.01. The van der Waals surface area contributed by atoms with E-state index in [4.69, 9.17) is 28.2 Å². The van der Waals surface area contributed by atoms with Gasteiger partial charge in [-0.05, 0) is 24.0 Å². The molecule has 1 aromatic rings. The van der Waals surface area contributed by atoms with Crippen LogP contribution in [0.15, 0.2) is 18.2 Å². The number of rotatable bonds is 3. The standard InChI is InChI=1S/C12H18ClN5/c1-3-7(2)8-5-4-6-9(13)10(8)17-12(16)18-11(14)15/h4-7H,3H2,1-2H3,(H6,14,15,16,17,18). The van der Waals surface area contributed by atoms with Crippen LogP contribution in [0.5, 0.6) is 0 Å². The molecule has 1 atom stereocenters. The Morgan fingerprint density at radius 2 is 2.11 bits per heavy atom. The normalized spacial score (nSPS) is 11.7. The number of anilines is 1. The number of para-hydroxylation sites is 1. The fraction of sp³-hybridized carbons (Fsp3) is 0.333. The minimum absolute atomic E-state index is 0.0693. The first-order valence-corrected chi connectivity index (χ1v) is 6.08. The van der Waals surface area contributed by atoms with Crippen molar-refractivity contribution >= 4 is 29.2 Å². The molecule has 1 rings (SSSR count). The molecule has 0 radical (unpaired) electrons. The van der Waals surface area contributed by atoms with Crippen LogP contribution in [-0.4, -0.2) is 11.9 Å². The van der Waals surface area contributed by atoms with Crippen molar-refractivity contribution in [2.24, 2.45) is 5.73 Å². The van der Waals surface area contributed by atoms with Crippen molar-refractivity contribution in [2.45, 2.75) is 26.2 Å². The van der Waals surface area contributed by atoms with Gasteiger partial charge in [0.15, 0.2) is 11.9 Å². The second-order valence-corrected chi connectivity index (χ2v) is 4.46. The average molecular weight is 268 g/mol. The largest absolute Gasteiger partial charge is 0.370 e. The van der Waals surface area contributed by atoms with E-state index in [2.05, 4.69) is 24.5 Å². The van der Waals surface area contributed by atoms with Crippen LogP contribution in [0.4, 0.5) is 5.69 Å². The molecule has 6 N–H and O–H groups in total. The number of nitrogens with one attached hydrogen (secondary N) is 4. The molecule has 98 valence electrons. The maximum Gasteiger partial charge on any atom is 0.199 e. The predicted octanol–water partition coefficient (Wildman–Crippen LogP) is 2.68. The highest BCUT2D eigenvalue weighted by molar-refractivity contribution is 6.34. The molecule has 0 aliphatic rings. The maximum absolute atomic E-state index is 7.65. The van der Waals surface area contributed by atoms with Gasteiger partial charge in [-0.1, -0.05) is 37.6 Å². The van der Waals surface area contributed by atoms with Gasteiger partial charge in [-0.25, -0.2) is 0 Å². The van der Waals surface area contributed by atoms with Crippen molar-refractivity contribution in [3.05, 3.63) is 28.8 Å². The monoisotopic (exact) mass is 267 g/mol. The minimum Gasteiger partial charge on any atom is -0.370 e. The summed E-state index contributed by atoms with van der Waals surface area (Å²) < 4.78 is 0. The summed E-state index contributed by atoms with van der Waals surface area (Å²) in [6.07, 6.45) is 0.975. The van der Waals surface area contributed by atoms with Crippen LogP contribution in [0.1, 0.15) is 31.7 Å². The smallest absolute Gasteiger partial charge is 0.199 e. The first-order chi connectivity index (χ1) is 8.45.